The van der Waals surface area contributed by atoms with Gasteiger partial charge in [0.15, 0.2) is 0 Å². The summed E-state index contributed by atoms with van der Waals surface area (Å²) in [6.45, 7) is 3.87. The normalized spacial score (nSPS) is 21.1. The third-order valence-electron chi connectivity index (χ3n) is 5.91. The van der Waals surface area contributed by atoms with Crippen molar-refractivity contribution >= 4 is 23.1 Å². The van der Waals surface area contributed by atoms with Crippen molar-refractivity contribution in [1.29, 1.82) is 0 Å². The molecule has 1 atom stereocenters. The lowest BCUT2D eigenvalue weighted by molar-refractivity contribution is -0.907. The van der Waals surface area contributed by atoms with Gasteiger partial charge in [-0.3, -0.25) is 19.7 Å². The van der Waals surface area contributed by atoms with Crippen LogP contribution >= 0.6 is 0 Å². The lowest BCUT2D eigenvalue weighted by Gasteiger charge is -2.29. The second kappa shape index (κ2) is 9.29. The van der Waals surface area contributed by atoms with Crippen LogP contribution in [-0.4, -0.2) is 66.0 Å². The highest BCUT2D eigenvalue weighted by molar-refractivity contribution is 6.46. The maximum absolute atomic E-state index is 13.0. The number of aliphatic hydroxyl groups excluding tert-OH is 1. The van der Waals surface area contributed by atoms with Gasteiger partial charge in [-0.05, 0) is 17.7 Å². The molecule has 0 aromatic heterocycles. The summed E-state index contributed by atoms with van der Waals surface area (Å²) in [5.74, 6) is -1.70. The first kappa shape index (κ1) is 21.7. The summed E-state index contributed by atoms with van der Waals surface area (Å²) in [5.41, 5.74) is 0.860. The standard InChI is InChI=1S/C23H23N3O6/c27-21(17-4-2-1-3-5-17)19-20(16-6-8-18(9-7-16)26(30)31)25(23(29)22(19)28)11-10-24-12-14-32-15-13-24/h1-9,20,27H,10-15H2/p+1. The zero-order valence-electron chi connectivity index (χ0n) is 17.4. The molecule has 32 heavy (non-hydrogen) atoms. The van der Waals surface area contributed by atoms with Crippen LogP contribution in [0.1, 0.15) is 17.2 Å². The monoisotopic (exact) mass is 438 g/mol. The van der Waals surface area contributed by atoms with Crippen molar-refractivity contribution < 1.29 is 29.3 Å². The quantitative estimate of drug-likeness (QED) is 0.228. The van der Waals surface area contributed by atoms with Crippen molar-refractivity contribution in [3.8, 4) is 0 Å². The number of non-ortho nitro benzene ring substituents is 1. The fourth-order valence-electron chi connectivity index (χ4n) is 4.18. The van der Waals surface area contributed by atoms with Gasteiger partial charge in [0.25, 0.3) is 17.4 Å². The maximum Gasteiger partial charge on any atom is 0.295 e. The molecule has 2 aromatic carbocycles. The minimum atomic E-state index is -0.823. The van der Waals surface area contributed by atoms with E-state index in [4.69, 9.17) is 4.74 Å². The molecule has 2 aliphatic rings. The third-order valence-corrected chi connectivity index (χ3v) is 5.91. The van der Waals surface area contributed by atoms with Crippen molar-refractivity contribution in [3.63, 3.8) is 0 Å². The van der Waals surface area contributed by atoms with E-state index in [-0.39, 0.29) is 17.0 Å². The van der Waals surface area contributed by atoms with Crippen LogP contribution in [0.2, 0.25) is 0 Å². The van der Waals surface area contributed by atoms with Crippen molar-refractivity contribution in [2.75, 3.05) is 39.4 Å². The Balaban J connectivity index is 1.73. The Morgan fingerprint density at radius 2 is 1.75 bits per heavy atom. The highest BCUT2D eigenvalue weighted by atomic mass is 16.6. The summed E-state index contributed by atoms with van der Waals surface area (Å²) >= 11 is 0. The van der Waals surface area contributed by atoms with Gasteiger partial charge in [0.2, 0.25) is 0 Å². The molecule has 2 fully saturated rings. The van der Waals surface area contributed by atoms with Gasteiger partial charge in [-0.2, -0.15) is 0 Å². The third kappa shape index (κ3) is 4.25. The van der Waals surface area contributed by atoms with Gasteiger partial charge in [0.1, 0.15) is 18.8 Å². The molecule has 2 aromatic rings. The number of hydrogen-bond donors (Lipinski definition) is 2. The van der Waals surface area contributed by atoms with Gasteiger partial charge in [-0.25, -0.2) is 0 Å². The van der Waals surface area contributed by atoms with Crippen LogP contribution in [-0.2, 0) is 14.3 Å². The van der Waals surface area contributed by atoms with E-state index in [9.17, 15) is 24.8 Å². The van der Waals surface area contributed by atoms with E-state index >= 15 is 0 Å². The van der Waals surface area contributed by atoms with E-state index in [1.54, 1.807) is 30.3 Å². The van der Waals surface area contributed by atoms with Gasteiger partial charge in [0, 0.05) is 17.7 Å². The summed E-state index contributed by atoms with van der Waals surface area (Å²) in [7, 11) is 0. The summed E-state index contributed by atoms with van der Waals surface area (Å²) in [6, 6.07) is 13.5. The number of ketones is 1. The fraction of sp³-hybridized carbons (Fsp3) is 0.304. The number of carbonyl (C=O) groups is 2. The zero-order valence-corrected chi connectivity index (χ0v) is 17.4. The molecule has 0 bridgehead atoms. The number of benzene rings is 2. The van der Waals surface area contributed by atoms with Crippen LogP contribution < -0.4 is 4.90 Å². The second-order valence-electron chi connectivity index (χ2n) is 7.82. The number of amides is 1. The van der Waals surface area contributed by atoms with Crippen LogP contribution in [0.4, 0.5) is 5.69 Å². The van der Waals surface area contributed by atoms with Gasteiger partial charge in [-0.15, -0.1) is 0 Å². The van der Waals surface area contributed by atoms with E-state index in [0.717, 1.165) is 13.1 Å². The number of Topliss-reactive ketones (excluding diaryl/α,β-unsaturated/α-hetero) is 1. The first-order valence-electron chi connectivity index (χ1n) is 10.5. The Morgan fingerprint density at radius 3 is 2.38 bits per heavy atom. The van der Waals surface area contributed by atoms with Crippen LogP contribution in [0.3, 0.4) is 0 Å². The van der Waals surface area contributed by atoms with Gasteiger partial charge < -0.3 is 19.6 Å². The Labute approximate surface area is 184 Å². The first-order valence-corrected chi connectivity index (χ1v) is 10.5. The first-order chi connectivity index (χ1) is 15.5. The number of nitrogens with one attached hydrogen (secondary N) is 1. The molecule has 9 nitrogen and oxygen atoms in total. The molecular formula is C23H24N3O6+. The molecule has 1 amide bonds. The van der Waals surface area contributed by atoms with Crippen molar-refractivity contribution in [1.82, 2.24) is 4.90 Å². The lowest BCUT2D eigenvalue weighted by Crippen LogP contribution is -3.14. The Hall–Kier alpha value is -3.56. The van der Waals surface area contributed by atoms with Crippen LogP contribution in [0.5, 0.6) is 0 Å². The number of quaternary nitrogens is 1. The molecule has 2 heterocycles. The predicted octanol–water partition coefficient (Wildman–Crippen LogP) is 0.932. The molecule has 9 heteroatoms. The second-order valence-corrected chi connectivity index (χ2v) is 7.82. The molecular weight excluding hydrogens is 414 g/mol. The molecule has 166 valence electrons. The number of nitro benzene ring substituents is 1. The highest BCUT2D eigenvalue weighted by Gasteiger charge is 2.46. The molecule has 4 rings (SSSR count). The summed E-state index contributed by atoms with van der Waals surface area (Å²) in [5, 5.41) is 22.0. The van der Waals surface area contributed by atoms with Gasteiger partial charge >= 0.3 is 0 Å². The Kier molecular flexibility index (Phi) is 6.29. The maximum atomic E-state index is 13.0. The average Bonchev–Trinajstić information content (AvgIpc) is 3.08. The number of morpholine rings is 1. The summed E-state index contributed by atoms with van der Waals surface area (Å²) in [6.07, 6.45) is 0. The van der Waals surface area contributed by atoms with Crippen LogP contribution in [0.25, 0.3) is 5.76 Å². The van der Waals surface area contributed by atoms with E-state index in [1.807, 2.05) is 0 Å². The average molecular weight is 438 g/mol. The lowest BCUT2D eigenvalue weighted by atomic mass is 9.95. The highest BCUT2D eigenvalue weighted by Crippen LogP contribution is 2.39. The SMILES string of the molecule is O=C1C(=O)N(CC[NH+]2CCOCC2)C(c2ccc([N+](=O)[O-])cc2)C1=C(O)c1ccccc1. The van der Waals surface area contributed by atoms with Gasteiger partial charge in [0.05, 0.1) is 42.8 Å². The number of likely N-dealkylation sites (tertiary alicyclic amines) is 1. The van der Waals surface area contributed by atoms with E-state index in [2.05, 4.69) is 0 Å². The predicted molar refractivity (Wildman–Crippen MR) is 115 cm³/mol. The molecule has 0 aliphatic carbocycles. The molecule has 0 saturated carbocycles. The molecule has 0 radical (unpaired) electrons. The van der Waals surface area contributed by atoms with E-state index < -0.39 is 22.7 Å². The number of rotatable bonds is 6. The van der Waals surface area contributed by atoms with Crippen LogP contribution in [0.15, 0.2) is 60.2 Å². The molecule has 2 saturated heterocycles. The van der Waals surface area contributed by atoms with Crippen molar-refractivity contribution in [2.45, 2.75) is 6.04 Å². The molecule has 2 aliphatic heterocycles. The van der Waals surface area contributed by atoms with E-state index in [0.29, 0.717) is 37.4 Å². The summed E-state index contributed by atoms with van der Waals surface area (Å²) < 4.78 is 5.38. The van der Waals surface area contributed by atoms with Crippen LogP contribution in [0, 0.1) is 10.1 Å². The number of ether oxygens (including phenoxy) is 1. The molecule has 1 unspecified atom stereocenters. The number of nitrogens with zero attached hydrogens (tertiary/aromatic N) is 2. The smallest absolute Gasteiger partial charge is 0.295 e. The molecule has 2 N–H and O–H groups in total. The topological polar surface area (TPSA) is 114 Å². The molecule has 0 spiro atoms. The Bertz CT molecular complexity index is 1050. The number of aliphatic hydroxyl groups is 1. The Morgan fingerprint density at radius 1 is 1.09 bits per heavy atom. The fourth-order valence-corrected chi connectivity index (χ4v) is 4.18. The van der Waals surface area contributed by atoms with Crippen molar-refractivity contribution in [3.05, 3.63) is 81.4 Å². The minimum Gasteiger partial charge on any atom is -0.507 e. The van der Waals surface area contributed by atoms with Gasteiger partial charge in [-0.1, -0.05) is 30.3 Å². The van der Waals surface area contributed by atoms with Crippen molar-refractivity contribution in [2.24, 2.45) is 0 Å². The summed E-state index contributed by atoms with van der Waals surface area (Å²) in [4.78, 5) is 39.2. The minimum absolute atomic E-state index is 0.00738. The van der Waals surface area contributed by atoms with E-state index in [1.165, 1.54) is 34.1 Å². The number of nitro groups is 1. The number of hydrogen-bond acceptors (Lipinski definition) is 6. The zero-order chi connectivity index (χ0) is 22.7. The largest absolute Gasteiger partial charge is 0.507 e. The number of carbonyl (C=O) groups excluding carboxylic acids is 2.